The van der Waals surface area contributed by atoms with E-state index in [0.717, 1.165) is 18.5 Å². The molecule has 1 rings (SSSR count). The molecule has 0 saturated carbocycles. The number of aryl methyl sites for hydroxylation is 1. The summed E-state index contributed by atoms with van der Waals surface area (Å²) in [6.07, 6.45) is 1.78. The van der Waals surface area contributed by atoms with Gasteiger partial charge in [-0.05, 0) is 30.4 Å². The molecule has 0 aliphatic carbocycles. The van der Waals surface area contributed by atoms with E-state index in [1.165, 1.54) is 0 Å². The Hall–Kier alpha value is -1.09. The first-order valence-electron chi connectivity index (χ1n) is 6.32. The summed E-state index contributed by atoms with van der Waals surface area (Å²) in [6.45, 7) is 9.02. The van der Waals surface area contributed by atoms with Crippen LogP contribution in [0.15, 0.2) is 12.1 Å². The Labute approximate surface area is 114 Å². The van der Waals surface area contributed by atoms with Gasteiger partial charge in [0.1, 0.15) is 5.15 Å². The zero-order chi connectivity index (χ0) is 13.8. The molecule has 0 spiro atoms. The van der Waals surface area contributed by atoms with Crippen molar-refractivity contribution in [1.82, 2.24) is 10.3 Å². The van der Waals surface area contributed by atoms with Gasteiger partial charge in [0.2, 0.25) is 0 Å². The fourth-order valence-corrected chi connectivity index (χ4v) is 1.64. The molecular formula is C14H21ClN2O. The van der Waals surface area contributed by atoms with Gasteiger partial charge >= 0.3 is 0 Å². The van der Waals surface area contributed by atoms with E-state index in [9.17, 15) is 4.79 Å². The maximum Gasteiger partial charge on any atom is 0.251 e. The standard InChI is InChI=1S/C14H21ClN2O/c1-5-11-7-10(8-12(15)17-11)13(18)16-9-14(3,4)6-2/h7-8H,5-6,9H2,1-4H3,(H,16,18). The minimum Gasteiger partial charge on any atom is -0.352 e. The highest BCUT2D eigenvalue weighted by molar-refractivity contribution is 6.29. The van der Waals surface area contributed by atoms with E-state index < -0.39 is 0 Å². The Kier molecular flexibility index (Phi) is 5.15. The van der Waals surface area contributed by atoms with Gasteiger partial charge in [0.25, 0.3) is 5.91 Å². The van der Waals surface area contributed by atoms with Gasteiger partial charge in [-0.15, -0.1) is 0 Å². The number of hydrogen-bond donors (Lipinski definition) is 1. The van der Waals surface area contributed by atoms with Crippen molar-refractivity contribution in [3.8, 4) is 0 Å². The van der Waals surface area contributed by atoms with Crippen LogP contribution in [-0.2, 0) is 6.42 Å². The molecule has 0 saturated heterocycles. The summed E-state index contributed by atoms with van der Waals surface area (Å²) in [4.78, 5) is 16.2. The van der Waals surface area contributed by atoms with Crippen molar-refractivity contribution in [3.63, 3.8) is 0 Å². The first kappa shape index (κ1) is 15.0. The maximum absolute atomic E-state index is 12.0. The van der Waals surface area contributed by atoms with E-state index in [1.807, 2.05) is 6.92 Å². The molecule has 100 valence electrons. The highest BCUT2D eigenvalue weighted by Crippen LogP contribution is 2.18. The first-order chi connectivity index (χ1) is 8.38. The molecule has 0 aliphatic heterocycles. The molecule has 18 heavy (non-hydrogen) atoms. The van der Waals surface area contributed by atoms with E-state index in [1.54, 1.807) is 12.1 Å². The molecule has 0 radical (unpaired) electrons. The predicted molar refractivity (Wildman–Crippen MR) is 75.0 cm³/mol. The lowest BCUT2D eigenvalue weighted by Gasteiger charge is -2.22. The summed E-state index contributed by atoms with van der Waals surface area (Å²) < 4.78 is 0. The van der Waals surface area contributed by atoms with E-state index in [0.29, 0.717) is 17.3 Å². The van der Waals surface area contributed by atoms with Gasteiger partial charge < -0.3 is 5.32 Å². The lowest BCUT2D eigenvalue weighted by molar-refractivity contribution is 0.0935. The molecular weight excluding hydrogens is 248 g/mol. The third-order valence-electron chi connectivity index (χ3n) is 3.16. The zero-order valence-electron chi connectivity index (χ0n) is 11.5. The van der Waals surface area contributed by atoms with Crippen LogP contribution >= 0.6 is 11.6 Å². The van der Waals surface area contributed by atoms with Crippen LogP contribution < -0.4 is 5.32 Å². The molecule has 0 fully saturated rings. The van der Waals surface area contributed by atoms with E-state index >= 15 is 0 Å². The molecule has 1 aromatic heterocycles. The van der Waals surface area contributed by atoms with E-state index in [2.05, 4.69) is 31.1 Å². The van der Waals surface area contributed by atoms with Crippen LogP contribution in [0.25, 0.3) is 0 Å². The van der Waals surface area contributed by atoms with Crippen LogP contribution in [0.4, 0.5) is 0 Å². The molecule has 1 heterocycles. The number of hydrogen-bond acceptors (Lipinski definition) is 2. The van der Waals surface area contributed by atoms with E-state index in [-0.39, 0.29) is 11.3 Å². The number of nitrogens with zero attached hydrogens (tertiary/aromatic N) is 1. The number of carbonyl (C=O) groups excluding carboxylic acids is 1. The number of aromatic nitrogens is 1. The lowest BCUT2D eigenvalue weighted by atomic mass is 9.90. The topological polar surface area (TPSA) is 42.0 Å². The number of amides is 1. The van der Waals surface area contributed by atoms with Crippen molar-refractivity contribution in [3.05, 3.63) is 28.5 Å². The number of carbonyl (C=O) groups is 1. The second kappa shape index (κ2) is 6.19. The summed E-state index contributed by atoms with van der Waals surface area (Å²) in [5, 5.41) is 3.31. The maximum atomic E-state index is 12.0. The normalized spacial score (nSPS) is 11.4. The van der Waals surface area contributed by atoms with Gasteiger partial charge in [-0.2, -0.15) is 0 Å². The number of halogens is 1. The quantitative estimate of drug-likeness (QED) is 0.831. The zero-order valence-corrected chi connectivity index (χ0v) is 12.3. The Morgan fingerprint density at radius 1 is 1.39 bits per heavy atom. The van der Waals surface area contributed by atoms with Crippen LogP contribution in [0.1, 0.15) is 50.2 Å². The average molecular weight is 269 g/mol. The predicted octanol–water partition coefficient (Wildman–Crippen LogP) is 3.46. The Morgan fingerprint density at radius 3 is 2.61 bits per heavy atom. The second-order valence-electron chi connectivity index (χ2n) is 5.22. The van der Waals surface area contributed by atoms with Crippen LogP contribution in [0.2, 0.25) is 5.15 Å². The minimum absolute atomic E-state index is 0.0875. The monoisotopic (exact) mass is 268 g/mol. The lowest BCUT2D eigenvalue weighted by Crippen LogP contribution is -2.33. The number of pyridine rings is 1. The SMILES string of the molecule is CCc1cc(C(=O)NCC(C)(C)CC)cc(Cl)n1. The van der Waals surface area contributed by atoms with Crippen LogP contribution in [0.5, 0.6) is 0 Å². The third kappa shape index (κ3) is 4.30. The Morgan fingerprint density at radius 2 is 2.06 bits per heavy atom. The highest BCUT2D eigenvalue weighted by Gasteiger charge is 2.17. The molecule has 1 N–H and O–H groups in total. The molecule has 0 bridgehead atoms. The third-order valence-corrected chi connectivity index (χ3v) is 3.35. The van der Waals surface area contributed by atoms with Gasteiger partial charge in [-0.25, -0.2) is 4.98 Å². The molecule has 0 aliphatic rings. The summed E-state index contributed by atoms with van der Waals surface area (Å²) in [7, 11) is 0. The summed E-state index contributed by atoms with van der Waals surface area (Å²) >= 11 is 5.90. The molecule has 1 amide bonds. The minimum atomic E-state index is -0.0875. The average Bonchev–Trinajstić information content (AvgIpc) is 2.35. The summed E-state index contributed by atoms with van der Waals surface area (Å²) in [5.74, 6) is -0.0875. The molecule has 1 aromatic rings. The fourth-order valence-electron chi connectivity index (χ4n) is 1.41. The smallest absolute Gasteiger partial charge is 0.251 e. The van der Waals surface area contributed by atoms with Crippen LogP contribution in [-0.4, -0.2) is 17.4 Å². The molecule has 0 aromatic carbocycles. The van der Waals surface area contributed by atoms with E-state index in [4.69, 9.17) is 11.6 Å². The Balaban J connectivity index is 2.75. The van der Waals surface area contributed by atoms with Gasteiger partial charge in [-0.3, -0.25) is 4.79 Å². The van der Waals surface area contributed by atoms with Crippen LogP contribution in [0, 0.1) is 5.41 Å². The molecule has 0 atom stereocenters. The van der Waals surface area contributed by atoms with Crippen LogP contribution in [0.3, 0.4) is 0 Å². The molecule has 4 heteroatoms. The first-order valence-corrected chi connectivity index (χ1v) is 6.70. The second-order valence-corrected chi connectivity index (χ2v) is 5.61. The van der Waals surface area contributed by atoms with Crippen molar-refractivity contribution in [2.24, 2.45) is 5.41 Å². The van der Waals surface area contributed by atoms with Crippen molar-refractivity contribution >= 4 is 17.5 Å². The highest BCUT2D eigenvalue weighted by atomic mass is 35.5. The largest absolute Gasteiger partial charge is 0.352 e. The summed E-state index contributed by atoms with van der Waals surface area (Å²) in [6, 6.07) is 3.40. The van der Waals surface area contributed by atoms with Gasteiger partial charge in [0.15, 0.2) is 0 Å². The molecule has 3 nitrogen and oxygen atoms in total. The summed E-state index contributed by atoms with van der Waals surface area (Å²) in [5.41, 5.74) is 1.53. The Bertz CT molecular complexity index is 430. The van der Waals surface area contributed by atoms with Crippen molar-refractivity contribution in [2.45, 2.75) is 40.5 Å². The van der Waals surface area contributed by atoms with Gasteiger partial charge in [-0.1, -0.05) is 39.3 Å². The molecule has 0 unspecified atom stereocenters. The van der Waals surface area contributed by atoms with Crippen molar-refractivity contribution < 1.29 is 4.79 Å². The van der Waals surface area contributed by atoms with Crippen molar-refractivity contribution in [2.75, 3.05) is 6.54 Å². The van der Waals surface area contributed by atoms with Crippen molar-refractivity contribution in [1.29, 1.82) is 0 Å². The number of rotatable bonds is 5. The fraction of sp³-hybridized carbons (Fsp3) is 0.571. The van der Waals surface area contributed by atoms with Gasteiger partial charge in [0.05, 0.1) is 0 Å². The van der Waals surface area contributed by atoms with Gasteiger partial charge in [0, 0.05) is 17.8 Å². The number of nitrogens with one attached hydrogen (secondary N) is 1.